The Balaban J connectivity index is 2.22. The Kier molecular flexibility index (Phi) is 4.47. The standard InChI is InChI=1S/C15H14F3NO2/c1-21-14-7-6-10(9-19-14)8-13(20)11-4-2-3-5-12(11)15(16,17)18/h2-7,9,13,20H,8H2,1H3. The SMILES string of the molecule is COc1ccc(CC(O)c2ccccc2C(F)(F)F)cn1. The lowest BCUT2D eigenvalue weighted by molar-refractivity contribution is -0.139. The topological polar surface area (TPSA) is 42.4 Å². The van der Waals surface area contributed by atoms with Gasteiger partial charge >= 0.3 is 6.18 Å². The minimum atomic E-state index is -4.49. The average Bonchev–Trinajstić information content (AvgIpc) is 2.47. The molecular formula is C15H14F3NO2. The molecule has 2 rings (SSSR count). The summed E-state index contributed by atoms with van der Waals surface area (Å²) < 4.78 is 43.6. The molecule has 1 aromatic heterocycles. The maximum absolute atomic E-state index is 12.9. The fraction of sp³-hybridized carbons (Fsp3) is 0.267. The Morgan fingerprint density at radius 2 is 1.90 bits per heavy atom. The molecule has 3 nitrogen and oxygen atoms in total. The van der Waals surface area contributed by atoms with Crippen LogP contribution < -0.4 is 4.74 Å². The summed E-state index contributed by atoms with van der Waals surface area (Å²) in [5, 5.41) is 10.1. The van der Waals surface area contributed by atoms with Gasteiger partial charge in [-0.15, -0.1) is 0 Å². The average molecular weight is 297 g/mol. The molecule has 0 aliphatic heterocycles. The van der Waals surface area contributed by atoms with Gasteiger partial charge in [0.25, 0.3) is 0 Å². The zero-order chi connectivity index (χ0) is 15.5. The van der Waals surface area contributed by atoms with Crippen molar-refractivity contribution in [2.75, 3.05) is 7.11 Å². The van der Waals surface area contributed by atoms with Crippen LogP contribution in [-0.4, -0.2) is 17.2 Å². The van der Waals surface area contributed by atoms with Gasteiger partial charge < -0.3 is 9.84 Å². The fourth-order valence-electron chi connectivity index (χ4n) is 2.03. The largest absolute Gasteiger partial charge is 0.481 e. The molecule has 0 saturated carbocycles. The number of aliphatic hydroxyl groups excluding tert-OH is 1. The van der Waals surface area contributed by atoms with Crippen molar-refractivity contribution in [2.24, 2.45) is 0 Å². The third kappa shape index (κ3) is 3.72. The van der Waals surface area contributed by atoms with Crippen LogP contribution in [-0.2, 0) is 12.6 Å². The van der Waals surface area contributed by atoms with Crippen molar-refractivity contribution in [3.63, 3.8) is 0 Å². The van der Waals surface area contributed by atoms with Crippen LogP contribution in [0.15, 0.2) is 42.6 Å². The summed E-state index contributed by atoms with van der Waals surface area (Å²) in [7, 11) is 1.47. The zero-order valence-electron chi connectivity index (χ0n) is 11.3. The highest BCUT2D eigenvalue weighted by Gasteiger charge is 2.34. The smallest absolute Gasteiger partial charge is 0.416 e. The molecule has 6 heteroatoms. The van der Waals surface area contributed by atoms with Crippen molar-refractivity contribution < 1.29 is 23.0 Å². The molecule has 0 spiro atoms. The fourth-order valence-corrected chi connectivity index (χ4v) is 2.03. The molecule has 0 aliphatic rings. The van der Waals surface area contributed by atoms with E-state index < -0.39 is 17.8 Å². The van der Waals surface area contributed by atoms with Crippen LogP contribution in [0.25, 0.3) is 0 Å². The van der Waals surface area contributed by atoms with Gasteiger partial charge in [0.1, 0.15) is 0 Å². The number of halogens is 3. The van der Waals surface area contributed by atoms with E-state index in [1.54, 1.807) is 12.1 Å². The van der Waals surface area contributed by atoms with Gasteiger partial charge in [0.15, 0.2) is 0 Å². The van der Waals surface area contributed by atoms with E-state index in [0.717, 1.165) is 6.07 Å². The second kappa shape index (κ2) is 6.13. The highest BCUT2D eigenvalue weighted by Crippen LogP contribution is 2.35. The van der Waals surface area contributed by atoms with Gasteiger partial charge in [0.2, 0.25) is 5.88 Å². The van der Waals surface area contributed by atoms with Gasteiger partial charge in [0.05, 0.1) is 18.8 Å². The number of ether oxygens (including phenoxy) is 1. The van der Waals surface area contributed by atoms with Crippen LogP contribution in [0.5, 0.6) is 5.88 Å². The second-order valence-corrected chi connectivity index (χ2v) is 4.51. The summed E-state index contributed by atoms with van der Waals surface area (Å²) in [5.41, 5.74) is -0.333. The summed E-state index contributed by atoms with van der Waals surface area (Å²) in [5.74, 6) is 0.406. The number of hydrogen-bond donors (Lipinski definition) is 1. The van der Waals surface area contributed by atoms with Gasteiger partial charge in [0, 0.05) is 18.7 Å². The van der Waals surface area contributed by atoms with Crippen LogP contribution in [0.2, 0.25) is 0 Å². The van der Waals surface area contributed by atoms with Crippen LogP contribution in [0.1, 0.15) is 22.8 Å². The first-order valence-electron chi connectivity index (χ1n) is 6.25. The Labute approximate surface area is 120 Å². The number of aliphatic hydroxyl groups is 1. The molecule has 1 N–H and O–H groups in total. The van der Waals surface area contributed by atoms with E-state index in [-0.39, 0.29) is 12.0 Å². The summed E-state index contributed by atoms with van der Waals surface area (Å²) in [6.45, 7) is 0. The Hall–Kier alpha value is -2.08. The van der Waals surface area contributed by atoms with Crippen LogP contribution in [0.3, 0.4) is 0 Å². The molecule has 1 aromatic carbocycles. The predicted octanol–water partition coefficient (Wildman–Crippen LogP) is 3.39. The Bertz CT molecular complexity index is 597. The predicted molar refractivity (Wildman–Crippen MR) is 70.9 cm³/mol. The van der Waals surface area contributed by atoms with Gasteiger partial charge in [-0.3, -0.25) is 0 Å². The second-order valence-electron chi connectivity index (χ2n) is 4.51. The molecule has 0 radical (unpaired) electrons. The summed E-state index contributed by atoms with van der Waals surface area (Å²) in [6.07, 6.45) is -4.23. The lowest BCUT2D eigenvalue weighted by Gasteiger charge is -2.17. The number of nitrogens with zero attached hydrogens (tertiary/aromatic N) is 1. The number of rotatable bonds is 4. The van der Waals surface area contributed by atoms with E-state index >= 15 is 0 Å². The zero-order valence-corrected chi connectivity index (χ0v) is 11.3. The maximum Gasteiger partial charge on any atom is 0.416 e. The summed E-state index contributed by atoms with van der Waals surface area (Å²) in [6, 6.07) is 8.27. The van der Waals surface area contributed by atoms with E-state index in [0.29, 0.717) is 11.4 Å². The molecule has 1 unspecified atom stereocenters. The number of alkyl halides is 3. The van der Waals surface area contributed by atoms with Crippen molar-refractivity contribution >= 4 is 0 Å². The Morgan fingerprint density at radius 3 is 2.48 bits per heavy atom. The van der Waals surface area contributed by atoms with E-state index in [4.69, 9.17) is 4.74 Å². The number of aromatic nitrogens is 1. The minimum absolute atomic E-state index is 0.0457. The van der Waals surface area contributed by atoms with Crippen LogP contribution in [0, 0.1) is 0 Å². The quantitative estimate of drug-likeness (QED) is 0.940. The molecular weight excluding hydrogens is 283 g/mol. The first kappa shape index (κ1) is 15.3. The molecule has 0 saturated heterocycles. The van der Waals surface area contributed by atoms with E-state index in [1.165, 1.54) is 31.5 Å². The minimum Gasteiger partial charge on any atom is -0.481 e. The molecule has 0 bridgehead atoms. The van der Waals surface area contributed by atoms with Gasteiger partial charge in [-0.1, -0.05) is 24.3 Å². The number of methoxy groups -OCH3 is 1. The number of benzene rings is 1. The molecule has 0 aliphatic carbocycles. The molecule has 112 valence electrons. The van der Waals surface area contributed by atoms with Crippen molar-refractivity contribution in [3.8, 4) is 5.88 Å². The van der Waals surface area contributed by atoms with Gasteiger partial charge in [-0.2, -0.15) is 13.2 Å². The maximum atomic E-state index is 12.9. The Morgan fingerprint density at radius 1 is 1.19 bits per heavy atom. The summed E-state index contributed by atoms with van der Waals surface area (Å²) >= 11 is 0. The molecule has 0 fully saturated rings. The van der Waals surface area contributed by atoms with Crippen LogP contribution in [0.4, 0.5) is 13.2 Å². The number of hydrogen-bond acceptors (Lipinski definition) is 3. The van der Waals surface area contributed by atoms with E-state index in [2.05, 4.69) is 4.98 Å². The lowest BCUT2D eigenvalue weighted by Crippen LogP contribution is -2.13. The van der Waals surface area contributed by atoms with E-state index in [9.17, 15) is 18.3 Å². The molecule has 0 amide bonds. The van der Waals surface area contributed by atoms with Crippen molar-refractivity contribution in [1.29, 1.82) is 0 Å². The first-order valence-corrected chi connectivity index (χ1v) is 6.25. The van der Waals surface area contributed by atoms with E-state index in [1.807, 2.05) is 0 Å². The van der Waals surface area contributed by atoms with Crippen molar-refractivity contribution in [1.82, 2.24) is 4.98 Å². The lowest BCUT2D eigenvalue weighted by atomic mass is 9.97. The summed E-state index contributed by atoms with van der Waals surface area (Å²) in [4.78, 5) is 3.96. The van der Waals surface area contributed by atoms with Gasteiger partial charge in [-0.25, -0.2) is 4.98 Å². The van der Waals surface area contributed by atoms with Gasteiger partial charge in [-0.05, 0) is 17.2 Å². The highest BCUT2D eigenvalue weighted by atomic mass is 19.4. The highest BCUT2D eigenvalue weighted by molar-refractivity contribution is 5.32. The van der Waals surface area contributed by atoms with Crippen molar-refractivity contribution in [2.45, 2.75) is 18.7 Å². The van der Waals surface area contributed by atoms with Crippen LogP contribution >= 0.6 is 0 Å². The molecule has 1 atom stereocenters. The third-order valence-corrected chi connectivity index (χ3v) is 3.06. The first-order chi connectivity index (χ1) is 9.91. The third-order valence-electron chi connectivity index (χ3n) is 3.06. The normalized spacial score (nSPS) is 13.0. The molecule has 2 aromatic rings. The monoisotopic (exact) mass is 297 g/mol. The molecule has 1 heterocycles. The molecule has 21 heavy (non-hydrogen) atoms. The van der Waals surface area contributed by atoms with Crippen molar-refractivity contribution in [3.05, 3.63) is 59.3 Å². The number of pyridine rings is 1.